The highest BCUT2D eigenvalue weighted by Gasteiger charge is 2.21. The van der Waals surface area contributed by atoms with Crippen LogP contribution in [-0.4, -0.2) is 48.6 Å². The molecule has 0 bridgehead atoms. The minimum Gasteiger partial charge on any atom is -0.370 e. The van der Waals surface area contributed by atoms with E-state index >= 15 is 0 Å². The van der Waals surface area contributed by atoms with Crippen molar-refractivity contribution in [2.45, 2.75) is 46.5 Å². The van der Waals surface area contributed by atoms with Gasteiger partial charge in [-0.25, -0.2) is 9.97 Å². The Labute approximate surface area is 129 Å². The van der Waals surface area contributed by atoms with E-state index in [2.05, 4.69) is 64.2 Å². The molecule has 2 N–H and O–H groups in total. The highest BCUT2D eigenvalue weighted by molar-refractivity contribution is 5.57. The normalized spacial score (nSPS) is 11.8. The van der Waals surface area contributed by atoms with Crippen molar-refractivity contribution >= 4 is 11.6 Å². The largest absolute Gasteiger partial charge is 0.370 e. The second-order valence-electron chi connectivity index (χ2n) is 6.78. The number of nitrogens with zero attached hydrogens (tertiary/aromatic N) is 3. The third kappa shape index (κ3) is 5.50. The predicted molar refractivity (Wildman–Crippen MR) is 91.3 cm³/mol. The first-order valence-electron chi connectivity index (χ1n) is 7.77. The molecule has 0 unspecified atom stereocenters. The first kappa shape index (κ1) is 17.7. The third-order valence-corrected chi connectivity index (χ3v) is 3.21. The van der Waals surface area contributed by atoms with Crippen molar-refractivity contribution in [3.05, 3.63) is 11.4 Å². The fourth-order valence-electron chi connectivity index (χ4n) is 1.84. The van der Waals surface area contributed by atoms with Crippen LogP contribution in [-0.2, 0) is 5.41 Å². The Morgan fingerprint density at radius 1 is 1.00 bits per heavy atom. The summed E-state index contributed by atoms with van der Waals surface area (Å²) in [6.07, 6.45) is 1.08. The minimum absolute atomic E-state index is 0.0612. The molecule has 21 heavy (non-hydrogen) atoms. The van der Waals surface area contributed by atoms with Gasteiger partial charge in [-0.3, -0.25) is 0 Å². The molecule has 0 aromatic carbocycles. The zero-order valence-electron chi connectivity index (χ0n) is 14.7. The van der Waals surface area contributed by atoms with Crippen LogP contribution in [0.15, 0.2) is 0 Å². The number of rotatable bonds is 7. The van der Waals surface area contributed by atoms with Crippen LogP contribution in [0, 0.1) is 6.92 Å². The second kappa shape index (κ2) is 7.59. The van der Waals surface area contributed by atoms with Crippen molar-refractivity contribution in [2.75, 3.05) is 44.4 Å². The maximum Gasteiger partial charge on any atom is 0.138 e. The van der Waals surface area contributed by atoms with Gasteiger partial charge in [0.1, 0.15) is 17.5 Å². The summed E-state index contributed by atoms with van der Waals surface area (Å²) in [6.45, 7) is 13.4. The minimum atomic E-state index is -0.0612. The molecule has 0 amide bonds. The molecule has 5 heteroatoms. The molecule has 1 aromatic rings. The average molecular weight is 293 g/mol. The fourth-order valence-corrected chi connectivity index (χ4v) is 1.84. The van der Waals surface area contributed by atoms with Gasteiger partial charge in [-0.05, 0) is 27.4 Å². The first-order chi connectivity index (χ1) is 9.75. The molecule has 120 valence electrons. The van der Waals surface area contributed by atoms with Gasteiger partial charge in [-0.2, -0.15) is 0 Å². The van der Waals surface area contributed by atoms with Crippen molar-refractivity contribution in [3.63, 3.8) is 0 Å². The maximum absolute atomic E-state index is 4.73. The Morgan fingerprint density at radius 2 is 1.52 bits per heavy atom. The van der Waals surface area contributed by atoms with Crippen LogP contribution in [0.1, 0.15) is 45.5 Å². The lowest BCUT2D eigenvalue weighted by atomic mass is 9.95. The summed E-state index contributed by atoms with van der Waals surface area (Å²) in [4.78, 5) is 11.6. The van der Waals surface area contributed by atoms with E-state index in [1.807, 2.05) is 0 Å². The molecule has 0 aliphatic rings. The van der Waals surface area contributed by atoms with Gasteiger partial charge in [0.25, 0.3) is 0 Å². The van der Waals surface area contributed by atoms with Crippen molar-refractivity contribution in [2.24, 2.45) is 0 Å². The van der Waals surface area contributed by atoms with E-state index in [4.69, 9.17) is 9.97 Å². The van der Waals surface area contributed by atoms with E-state index in [1.54, 1.807) is 0 Å². The Balaban J connectivity index is 3.03. The van der Waals surface area contributed by atoms with Crippen LogP contribution in [0.2, 0.25) is 0 Å². The first-order valence-corrected chi connectivity index (χ1v) is 7.77. The van der Waals surface area contributed by atoms with Gasteiger partial charge < -0.3 is 15.5 Å². The molecular weight excluding hydrogens is 262 g/mol. The molecule has 0 atom stereocenters. The molecule has 1 heterocycles. The van der Waals surface area contributed by atoms with Crippen molar-refractivity contribution in [1.29, 1.82) is 0 Å². The Morgan fingerprint density at radius 3 is 1.95 bits per heavy atom. The van der Waals surface area contributed by atoms with Crippen molar-refractivity contribution < 1.29 is 0 Å². The summed E-state index contributed by atoms with van der Waals surface area (Å²) < 4.78 is 0. The number of hydrogen-bond acceptors (Lipinski definition) is 5. The van der Waals surface area contributed by atoms with Crippen LogP contribution in [0.25, 0.3) is 0 Å². The average Bonchev–Trinajstić information content (AvgIpc) is 2.37. The third-order valence-electron chi connectivity index (χ3n) is 3.21. The van der Waals surface area contributed by atoms with Crippen molar-refractivity contribution in [3.8, 4) is 0 Å². The fraction of sp³-hybridized carbons (Fsp3) is 0.750. The number of aromatic nitrogens is 2. The Kier molecular flexibility index (Phi) is 6.40. The van der Waals surface area contributed by atoms with E-state index in [-0.39, 0.29) is 5.41 Å². The van der Waals surface area contributed by atoms with Gasteiger partial charge in [0.05, 0.1) is 0 Å². The lowest BCUT2D eigenvalue weighted by Gasteiger charge is -2.21. The van der Waals surface area contributed by atoms with Gasteiger partial charge >= 0.3 is 0 Å². The number of likely N-dealkylation sites (N-methyl/N-ethyl adjacent to an activating group) is 1. The molecule has 0 spiro atoms. The molecule has 0 radical (unpaired) electrons. The number of nitrogens with one attached hydrogen (secondary N) is 2. The van der Waals surface area contributed by atoms with Gasteiger partial charge in [-0.1, -0.05) is 27.7 Å². The molecule has 1 rings (SSSR count). The molecule has 5 nitrogen and oxygen atoms in total. The van der Waals surface area contributed by atoms with Crippen LogP contribution in [0.5, 0.6) is 0 Å². The van der Waals surface area contributed by atoms with Crippen LogP contribution >= 0.6 is 0 Å². The van der Waals surface area contributed by atoms with E-state index < -0.39 is 0 Å². The molecule has 0 aliphatic carbocycles. The highest BCUT2D eigenvalue weighted by atomic mass is 15.1. The predicted octanol–water partition coefficient (Wildman–Crippen LogP) is 2.88. The summed E-state index contributed by atoms with van der Waals surface area (Å²) in [6, 6.07) is 0. The lowest BCUT2D eigenvalue weighted by molar-refractivity contribution is 0.425. The van der Waals surface area contributed by atoms with Gasteiger partial charge in [0.2, 0.25) is 0 Å². The summed E-state index contributed by atoms with van der Waals surface area (Å²) in [5, 5.41) is 6.85. The van der Waals surface area contributed by atoms with E-state index in [0.717, 1.165) is 49.1 Å². The number of hydrogen-bond donors (Lipinski definition) is 2. The quantitative estimate of drug-likeness (QED) is 0.809. The summed E-state index contributed by atoms with van der Waals surface area (Å²) >= 11 is 0. The highest BCUT2D eigenvalue weighted by Crippen LogP contribution is 2.26. The molecule has 0 fully saturated rings. The molecule has 0 saturated heterocycles. The monoisotopic (exact) mass is 293 g/mol. The van der Waals surface area contributed by atoms with Crippen LogP contribution in [0.4, 0.5) is 11.6 Å². The topological polar surface area (TPSA) is 53.1 Å². The Bertz CT molecular complexity index is 449. The summed E-state index contributed by atoms with van der Waals surface area (Å²) in [5.74, 6) is 2.76. The maximum atomic E-state index is 4.73. The van der Waals surface area contributed by atoms with Gasteiger partial charge in [-0.15, -0.1) is 0 Å². The summed E-state index contributed by atoms with van der Waals surface area (Å²) in [7, 11) is 4.15. The molecular formula is C16H31N5. The molecule has 0 saturated carbocycles. The van der Waals surface area contributed by atoms with Crippen LogP contribution in [0.3, 0.4) is 0 Å². The second-order valence-corrected chi connectivity index (χ2v) is 6.78. The standard InChI is InChI=1S/C16H31N5/c1-8-9-17-13-12(2)14(18-10-11-21(6)7)20-15(19-13)16(3,4)5/h8-11H2,1-7H3,(H2,17,18,19,20). The van der Waals surface area contributed by atoms with Crippen molar-refractivity contribution in [1.82, 2.24) is 14.9 Å². The zero-order chi connectivity index (χ0) is 16.0. The van der Waals surface area contributed by atoms with E-state index in [0.29, 0.717) is 0 Å². The van der Waals surface area contributed by atoms with Gasteiger partial charge in [0, 0.05) is 30.6 Å². The smallest absolute Gasteiger partial charge is 0.138 e. The number of anilines is 2. The van der Waals surface area contributed by atoms with E-state index in [9.17, 15) is 0 Å². The molecule has 1 aromatic heterocycles. The summed E-state index contributed by atoms with van der Waals surface area (Å²) in [5.41, 5.74) is 1.03. The molecule has 0 aliphatic heterocycles. The zero-order valence-corrected chi connectivity index (χ0v) is 14.7. The van der Waals surface area contributed by atoms with Gasteiger partial charge in [0.15, 0.2) is 0 Å². The van der Waals surface area contributed by atoms with Crippen LogP contribution < -0.4 is 10.6 Å². The van der Waals surface area contributed by atoms with E-state index in [1.165, 1.54) is 0 Å². The lowest BCUT2D eigenvalue weighted by Crippen LogP contribution is -2.24. The Hall–Kier alpha value is -1.36. The SMILES string of the molecule is CCCNc1nc(C(C)(C)C)nc(NCCN(C)C)c1C.